The molecule has 1 aromatic heterocycles. The number of carbonyl (C=O) groups is 2. The van der Waals surface area contributed by atoms with Crippen molar-refractivity contribution in [3.63, 3.8) is 0 Å². The highest BCUT2D eigenvalue weighted by Gasteiger charge is 2.19. The van der Waals surface area contributed by atoms with Gasteiger partial charge in [-0.05, 0) is 50.6 Å². The standard InChI is InChI=1S/C20H20FN5O2/c1-11-5-8-18(12(2)9-11)26-24-13(3)19(25-26)20(28)23-17-10-15(22-14(4)27)6-7-16(17)21/h5-10H,1-4H3,(H,22,27)(H,23,28). The monoisotopic (exact) mass is 381 g/mol. The molecule has 2 aromatic carbocycles. The summed E-state index contributed by atoms with van der Waals surface area (Å²) in [5, 5.41) is 13.6. The van der Waals surface area contributed by atoms with E-state index in [0.717, 1.165) is 16.8 Å². The molecule has 0 spiro atoms. The number of benzene rings is 2. The van der Waals surface area contributed by atoms with E-state index < -0.39 is 11.7 Å². The van der Waals surface area contributed by atoms with Gasteiger partial charge in [-0.3, -0.25) is 9.59 Å². The largest absolute Gasteiger partial charge is 0.326 e. The molecule has 2 N–H and O–H groups in total. The van der Waals surface area contributed by atoms with Crippen LogP contribution in [0.25, 0.3) is 5.69 Å². The van der Waals surface area contributed by atoms with Crippen LogP contribution in [0.1, 0.15) is 34.2 Å². The first-order chi connectivity index (χ1) is 13.2. The van der Waals surface area contributed by atoms with Gasteiger partial charge in [-0.2, -0.15) is 9.90 Å². The number of hydrogen-bond acceptors (Lipinski definition) is 4. The Morgan fingerprint density at radius 1 is 1.00 bits per heavy atom. The van der Waals surface area contributed by atoms with Gasteiger partial charge < -0.3 is 10.6 Å². The lowest BCUT2D eigenvalue weighted by atomic mass is 10.1. The van der Waals surface area contributed by atoms with E-state index in [4.69, 9.17) is 0 Å². The molecular weight excluding hydrogens is 361 g/mol. The molecule has 0 saturated carbocycles. The van der Waals surface area contributed by atoms with Crippen molar-refractivity contribution in [1.82, 2.24) is 15.0 Å². The summed E-state index contributed by atoms with van der Waals surface area (Å²) in [6.45, 7) is 6.92. The van der Waals surface area contributed by atoms with Crippen molar-refractivity contribution < 1.29 is 14.0 Å². The smallest absolute Gasteiger partial charge is 0.278 e. The molecule has 2 amide bonds. The van der Waals surface area contributed by atoms with E-state index in [2.05, 4.69) is 20.8 Å². The number of aromatic nitrogens is 3. The van der Waals surface area contributed by atoms with Crippen LogP contribution in [0.4, 0.5) is 15.8 Å². The average molecular weight is 381 g/mol. The quantitative estimate of drug-likeness (QED) is 0.723. The topological polar surface area (TPSA) is 88.9 Å². The number of rotatable bonds is 4. The molecular formula is C20H20FN5O2. The Bertz CT molecular complexity index is 1070. The highest BCUT2D eigenvalue weighted by molar-refractivity contribution is 6.04. The Labute approximate surface area is 161 Å². The number of halogens is 1. The van der Waals surface area contributed by atoms with Gasteiger partial charge in [-0.1, -0.05) is 17.7 Å². The minimum atomic E-state index is -0.623. The summed E-state index contributed by atoms with van der Waals surface area (Å²) < 4.78 is 14.1. The molecule has 0 atom stereocenters. The lowest BCUT2D eigenvalue weighted by Crippen LogP contribution is -2.16. The maximum absolute atomic E-state index is 14.1. The van der Waals surface area contributed by atoms with E-state index in [0.29, 0.717) is 11.4 Å². The third-order valence-corrected chi connectivity index (χ3v) is 4.10. The zero-order valence-corrected chi connectivity index (χ0v) is 16.0. The van der Waals surface area contributed by atoms with Gasteiger partial charge in [-0.15, -0.1) is 5.10 Å². The molecule has 0 aliphatic rings. The van der Waals surface area contributed by atoms with E-state index in [1.165, 1.54) is 29.9 Å². The molecule has 7 nitrogen and oxygen atoms in total. The predicted octanol–water partition coefficient (Wildman–Crippen LogP) is 3.54. The van der Waals surface area contributed by atoms with Crippen LogP contribution in [0, 0.1) is 26.6 Å². The van der Waals surface area contributed by atoms with Crippen LogP contribution < -0.4 is 10.6 Å². The van der Waals surface area contributed by atoms with Crippen LogP contribution in [0.5, 0.6) is 0 Å². The summed E-state index contributed by atoms with van der Waals surface area (Å²) in [5.41, 5.74) is 3.65. The van der Waals surface area contributed by atoms with Crippen molar-refractivity contribution in [3.8, 4) is 5.69 Å². The molecule has 0 radical (unpaired) electrons. The molecule has 0 fully saturated rings. The minimum absolute atomic E-state index is 0.0586. The molecule has 28 heavy (non-hydrogen) atoms. The number of amides is 2. The first-order valence-electron chi connectivity index (χ1n) is 8.64. The molecule has 144 valence electrons. The highest BCUT2D eigenvalue weighted by Crippen LogP contribution is 2.21. The van der Waals surface area contributed by atoms with Gasteiger partial charge in [-0.25, -0.2) is 4.39 Å². The fourth-order valence-electron chi connectivity index (χ4n) is 2.81. The number of nitrogens with zero attached hydrogens (tertiary/aromatic N) is 3. The lowest BCUT2D eigenvalue weighted by molar-refractivity contribution is -0.114. The van der Waals surface area contributed by atoms with E-state index >= 15 is 0 Å². The lowest BCUT2D eigenvalue weighted by Gasteiger charge is -2.08. The van der Waals surface area contributed by atoms with Crippen LogP contribution in [-0.2, 0) is 4.79 Å². The fraction of sp³-hybridized carbons (Fsp3) is 0.200. The maximum atomic E-state index is 14.1. The summed E-state index contributed by atoms with van der Waals surface area (Å²) in [6, 6.07) is 9.73. The third-order valence-electron chi connectivity index (χ3n) is 4.10. The molecule has 0 unspecified atom stereocenters. The zero-order valence-electron chi connectivity index (χ0n) is 16.0. The Morgan fingerprint density at radius 2 is 1.75 bits per heavy atom. The number of aryl methyl sites for hydroxylation is 3. The highest BCUT2D eigenvalue weighted by atomic mass is 19.1. The first-order valence-corrected chi connectivity index (χ1v) is 8.64. The Balaban J connectivity index is 1.88. The summed E-state index contributed by atoms with van der Waals surface area (Å²) in [6.07, 6.45) is 0. The second kappa shape index (κ2) is 7.59. The van der Waals surface area contributed by atoms with Gasteiger partial charge in [0.25, 0.3) is 5.91 Å². The van der Waals surface area contributed by atoms with Crippen molar-refractivity contribution in [2.45, 2.75) is 27.7 Å². The van der Waals surface area contributed by atoms with Crippen molar-refractivity contribution in [3.05, 3.63) is 64.7 Å². The van der Waals surface area contributed by atoms with Gasteiger partial charge in [0.2, 0.25) is 5.91 Å². The summed E-state index contributed by atoms with van der Waals surface area (Å²) in [4.78, 5) is 25.2. The Hall–Kier alpha value is -3.55. The SMILES string of the molecule is CC(=O)Nc1ccc(F)c(NC(=O)c2nn(-c3ccc(C)cc3C)nc2C)c1. The maximum Gasteiger partial charge on any atom is 0.278 e. The summed E-state index contributed by atoms with van der Waals surface area (Å²) in [7, 11) is 0. The van der Waals surface area contributed by atoms with Gasteiger partial charge in [0.05, 0.1) is 17.1 Å². The van der Waals surface area contributed by atoms with Gasteiger partial charge in [0.15, 0.2) is 5.69 Å². The van der Waals surface area contributed by atoms with E-state index in [1.54, 1.807) is 6.92 Å². The molecule has 8 heteroatoms. The molecule has 0 bridgehead atoms. The number of anilines is 2. The normalized spacial score (nSPS) is 10.6. The zero-order chi connectivity index (χ0) is 20.4. The van der Waals surface area contributed by atoms with Gasteiger partial charge >= 0.3 is 0 Å². The van der Waals surface area contributed by atoms with Crippen LogP contribution in [0.15, 0.2) is 36.4 Å². The van der Waals surface area contributed by atoms with Gasteiger partial charge in [0.1, 0.15) is 5.82 Å². The molecule has 0 aliphatic heterocycles. The predicted molar refractivity (Wildman–Crippen MR) is 104 cm³/mol. The van der Waals surface area contributed by atoms with E-state index in [9.17, 15) is 14.0 Å². The second-order valence-electron chi connectivity index (χ2n) is 6.54. The second-order valence-corrected chi connectivity index (χ2v) is 6.54. The average Bonchev–Trinajstić information content (AvgIpc) is 2.99. The van der Waals surface area contributed by atoms with Crippen molar-refractivity contribution in [2.24, 2.45) is 0 Å². The number of carbonyl (C=O) groups excluding carboxylic acids is 2. The van der Waals surface area contributed by atoms with Crippen molar-refractivity contribution in [2.75, 3.05) is 10.6 Å². The molecule has 1 heterocycles. The van der Waals surface area contributed by atoms with Crippen LogP contribution in [0.3, 0.4) is 0 Å². The van der Waals surface area contributed by atoms with Crippen LogP contribution in [-0.4, -0.2) is 26.8 Å². The Kier molecular flexibility index (Phi) is 5.21. The third kappa shape index (κ3) is 4.06. The van der Waals surface area contributed by atoms with E-state index in [-0.39, 0.29) is 17.3 Å². The fourth-order valence-corrected chi connectivity index (χ4v) is 2.81. The van der Waals surface area contributed by atoms with Crippen molar-refractivity contribution >= 4 is 23.2 Å². The van der Waals surface area contributed by atoms with Crippen LogP contribution >= 0.6 is 0 Å². The summed E-state index contributed by atoms with van der Waals surface area (Å²) >= 11 is 0. The molecule has 0 saturated heterocycles. The van der Waals surface area contributed by atoms with Gasteiger partial charge in [0, 0.05) is 12.6 Å². The first kappa shape index (κ1) is 19.2. The van der Waals surface area contributed by atoms with Crippen molar-refractivity contribution in [1.29, 1.82) is 0 Å². The van der Waals surface area contributed by atoms with Crippen LogP contribution in [0.2, 0.25) is 0 Å². The number of hydrogen-bond donors (Lipinski definition) is 2. The summed E-state index contributed by atoms with van der Waals surface area (Å²) in [5.74, 6) is -1.51. The number of nitrogens with one attached hydrogen (secondary N) is 2. The molecule has 0 aliphatic carbocycles. The Morgan fingerprint density at radius 3 is 2.43 bits per heavy atom. The molecule has 3 rings (SSSR count). The minimum Gasteiger partial charge on any atom is -0.326 e. The van der Waals surface area contributed by atoms with E-state index in [1.807, 2.05) is 32.0 Å². The molecule has 3 aromatic rings.